The quantitative estimate of drug-likeness (QED) is 0.507. The fourth-order valence-corrected chi connectivity index (χ4v) is 0.667. The van der Waals surface area contributed by atoms with Crippen LogP contribution < -0.4 is 5.32 Å². The minimum Gasteiger partial charge on any atom is -0.325 e. The van der Waals surface area contributed by atoms with Gasteiger partial charge in [-0.05, 0) is 11.8 Å². The van der Waals surface area contributed by atoms with Gasteiger partial charge in [0.15, 0.2) is 0 Å². The average molecular weight is 215 g/mol. The molecule has 4 N–H and O–H groups in total. The summed E-state index contributed by atoms with van der Waals surface area (Å²) in [7, 11) is 0. The number of hydrogen-bond acceptors (Lipinski definition) is 2. The van der Waals surface area contributed by atoms with Crippen LogP contribution in [0.4, 0.5) is 0 Å². The largest absolute Gasteiger partial charge is 0.325 e. The maximum Gasteiger partial charge on any atom is 0.319 e. The summed E-state index contributed by atoms with van der Waals surface area (Å²) in [5.74, 6) is 0. The highest BCUT2D eigenvalue weighted by molar-refractivity contribution is 8.06. The zero-order chi connectivity index (χ0) is 10.4. The number of rotatable bonds is 2. The smallest absolute Gasteiger partial charge is 0.319 e. The Bertz CT molecular complexity index is 131. The molecule has 12 heavy (non-hydrogen) atoms. The molecule has 0 spiro atoms. The van der Waals surface area contributed by atoms with Crippen LogP contribution in [0.5, 0.6) is 0 Å². The first-order valence-electron chi connectivity index (χ1n) is 3.67. The molecule has 0 radical (unpaired) electrons. The van der Waals surface area contributed by atoms with Gasteiger partial charge in [-0.15, -0.1) is 0 Å². The maximum atomic E-state index is 7.56. The molecule has 6 heteroatoms. The summed E-state index contributed by atoms with van der Waals surface area (Å²) < 4.78 is 0. The van der Waals surface area contributed by atoms with Crippen molar-refractivity contribution in [3.8, 4) is 0 Å². The highest BCUT2D eigenvalue weighted by Gasteiger charge is 1.92. The van der Waals surface area contributed by atoms with Crippen molar-refractivity contribution >= 4 is 18.5 Å². The molecule has 0 aliphatic heterocycles. The Morgan fingerprint density at radius 3 is 1.17 bits per heavy atom. The summed E-state index contributed by atoms with van der Waals surface area (Å²) in [6.45, 7) is 4.81. The summed E-state index contributed by atoms with van der Waals surface area (Å²) in [4.78, 5) is 22.7. The highest BCUT2D eigenvalue weighted by atomic mass is 32.5. The Balaban J connectivity index is 0. The van der Waals surface area contributed by atoms with E-state index in [1.165, 1.54) is 0 Å². The van der Waals surface area contributed by atoms with E-state index in [1.54, 1.807) is 0 Å². The minimum atomic E-state index is -3.81. The van der Waals surface area contributed by atoms with Gasteiger partial charge >= 0.3 is 6.72 Å². The van der Waals surface area contributed by atoms with E-state index in [2.05, 4.69) is 44.8 Å². The summed E-state index contributed by atoms with van der Waals surface area (Å²) >= 11 is 3.60. The van der Waals surface area contributed by atoms with Gasteiger partial charge in [-0.3, -0.25) is 0 Å². The molecule has 0 aromatic rings. The van der Waals surface area contributed by atoms with Crippen molar-refractivity contribution in [1.82, 2.24) is 5.32 Å². The second-order valence-electron chi connectivity index (χ2n) is 2.99. The van der Waals surface area contributed by atoms with Crippen molar-refractivity contribution < 1.29 is 14.7 Å². The summed E-state index contributed by atoms with van der Waals surface area (Å²) in [5, 5.41) is 3.31. The molecule has 0 saturated heterocycles. The van der Waals surface area contributed by atoms with Crippen molar-refractivity contribution in [1.29, 1.82) is 0 Å². The normalized spacial score (nSPS) is 11.4. The highest BCUT2D eigenvalue weighted by Crippen LogP contribution is 2.26. The molecule has 0 aromatic carbocycles. The third-order valence-electron chi connectivity index (χ3n) is 0.667. The fraction of sp³-hybridized carbons (Fsp3) is 1.00. The van der Waals surface area contributed by atoms with Crippen molar-refractivity contribution in [3.05, 3.63) is 0 Å². The molecule has 76 valence electrons. The van der Waals surface area contributed by atoms with Crippen molar-refractivity contribution in [2.24, 2.45) is 0 Å². The van der Waals surface area contributed by atoms with Crippen molar-refractivity contribution in [2.45, 2.75) is 39.8 Å². The number of hydrogen-bond donors (Lipinski definition) is 4. The zero-order valence-electron chi connectivity index (χ0n) is 7.85. The van der Waals surface area contributed by atoms with Crippen LogP contribution in [0.3, 0.4) is 0 Å². The minimum absolute atomic E-state index is 0.625. The summed E-state index contributed by atoms with van der Waals surface area (Å²) in [6, 6.07) is 1.25. The van der Waals surface area contributed by atoms with Gasteiger partial charge in [-0.2, -0.15) is 0 Å². The van der Waals surface area contributed by atoms with Gasteiger partial charge in [-0.25, -0.2) is 0 Å². The third kappa shape index (κ3) is 46.9. The first-order valence-corrected chi connectivity index (χ1v) is 6.33. The standard InChI is InChI=1S/C6H15N.H3O3PS/c1-5(2)7-6(3)4;1-4(2,3)5/h5-7H,1-4H3;(H3,1,2,3,5). The molecular formula is C6H18NO3PS. The van der Waals surface area contributed by atoms with Crippen LogP contribution >= 0.6 is 6.72 Å². The van der Waals surface area contributed by atoms with Gasteiger partial charge in [0.05, 0.1) is 0 Å². The van der Waals surface area contributed by atoms with Gasteiger partial charge in [0, 0.05) is 12.1 Å². The second-order valence-corrected chi connectivity index (χ2v) is 5.49. The Morgan fingerprint density at radius 2 is 1.17 bits per heavy atom. The molecule has 0 unspecified atom stereocenters. The van der Waals surface area contributed by atoms with Crippen LogP contribution in [0.25, 0.3) is 0 Å². The van der Waals surface area contributed by atoms with E-state index in [-0.39, 0.29) is 0 Å². The van der Waals surface area contributed by atoms with Gasteiger partial charge < -0.3 is 20.0 Å². The topological polar surface area (TPSA) is 72.7 Å². The van der Waals surface area contributed by atoms with Crippen LogP contribution in [0.1, 0.15) is 27.7 Å². The Kier molecular flexibility index (Phi) is 8.68. The molecule has 0 fully saturated rings. The Labute approximate surface area is 78.9 Å². The van der Waals surface area contributed by atoms with E-state index in [4.69, 9.17) is 14.7 Å². The van der Waals surface area contributed by atoms with E-state index in [0.717, 1.165) is 0 Å². The van der Waals surface area contributed by atoms with Gasteiger partial charge in [0.1, 0.15) is 0 Å². The lowest BCUT2D eigenvalue weighted by Crippen LogP contribution is -2.29. The predicted molar refractivity (Wildman–Crippen MR) is 54.3 cm³/mol. The van der Waals surface area contributed by atoms with Gasteiger partial charge in [-0.1, -0.05) is 27.7 Å². The molecule has 0 aliphatic rings. The molecule has 0 saturated carbocycles. The Hall–Kier alpha value is 0.490. The molecule has 0 amide bonds. The molecule has 4 nitrogen and oxygen atoms in total. The summed E-state index contributed by atoms with van der Waals surface area (Å²) in [5.41, 5.74) is 0. The van der Waals surface area contributed by atoms with Crippen LogP contribution in [0.15, 0.2) is 0 Å². The van der Waals surface area contributed by atoms with Gasteiger partial charge in [0.25, 0.3) is 0 Å². The lowest BCUT2D eigenvalue weighted by atomic mass is 10.3. The average Bonchev–Trinajstić information content (AvgIpc) is 1.52. The van der Waals surface area contributed by atoms with Crippen LogP contribution in [0.2, 0.25) is 0 Å². The van der Waals surface area contributed by atoms with Gasteiger partial charge in [0.2, 0.25) is 0 Å². The molecule has 0 bridgehead atoms. The second kappa shape index (κ2) is 6.95. The monoisotopic (exact) mass is 215 g/mol. The molecule has 0 rings (SSSR count). The van der Waals surface area contributed by atoms with E-state index in [0.29, 0.717) is 12.1 Å². The SMILES string of the molecule is CC(C)NC(C)C.OP(O)(O)=S. The lowest BCUT2D eigenvalue weighted by molar-refractivity contribution is 0.363. The lowest BCUT2D eigenvalue weighted by Gasteiger charge is -2.10. The van der Waals surface area contributed by atoms with Crippen LogP contribution in [-0.2, 0) is 11.8 Å². The van der Waals surface area contributed by atoms with Crippen LogP contribution in [0, 0.1) is 0 Å². The third-order valence-corrected chi connectivity index (χ3v) is 0.667. The Morgan fingerprint density at radius 1 is 1.00 bits per heavy atom. The van der Waals surface area contributed by atoms with E-state index < -0.39 is 6.72 Å². The van der Waals surface area contributed by atoms with Crippen molar-refractivity contribution in [3.63, 3.8) is 0 Å². The maximum absolute atomic E-state index is 7.56. The van der Waals surface area contributed by atoms with Crippen molar-refractivity contribution in [2.75, 3.05) is 0 Å². The molecule has 0 aromatic heterocycles. The van der Waals surface area contributed by atoms with E-state index >= 15 is 0 Å². The number of nitrogens with one attached hydrogen (secondary N) is 1. The van der Waals surface area contributed by atoms with E-state index in [9.17, 15) is 0 Å². The molecular weight excluding hydrogens is 197 g/mol. The predicted octanol–water partition coefficient (Wildman–Crippen LogP) is 0.581. The summed E-state index contributed by atoms with van der Waals surface area (Å²) in [6.07, 6.45) is 0. The molecule has 0 atom stereocenters. The fourth-order valence-electron chi connectivity index (χ4n) is 0.667. The van der Waals surface area contributed by atoms with E-state index in [1.807, 2.05) is 0 Å². The zero-order valence-corrected chi connectivity index (χ0v) is 9.56. The molecule has 0 aliphatic carbocycles. The first kappa shape index (κ1) is 15.0. The van der Waals surface area contributed by atoms with Crippen LogP contribution in [-0.4, -0.2) is 26.8 Å². The first-order chi connectivity index (χ1) is 5.13. The molecule has 0 heterocycles.